The number of fused-ring (bicyclic) bond motifs is 1. The molecule has 1 heterocycles. The molecule has 0 unspecified atom stereocenters. The third-order valence-corrected chi connectivity index (χ3v) is 2.65. The highest BCUT2D eigenvalue weighted by atomic mass is 14.9. The SMILES string of the molecule is CC#CCn1ccc2ccc(CNC)cc21. The molecule has 0 aliphatic carbocycles. The number of benzene rings is 1. The van der Waals surface area contributed by atoms with Crippen LogP contribution in [0.15, 0.2) is 30.5 Å². The second kappa shape index (κ2) is 4.87. The Bertz CT molecular complexity index is 541. The molecule has 0 bridgehead atoms. The molecule has 2 heteroatoms. The second-order valence-electron chi connectivity index (χ2n) is 3.79. The van der Waals surface area contributed by atoms with Gasteiger partial charge in [0.2, 0.25) is 0 Å². The van der Waals surface area contributed by atoms with Gasteiger partial charge in [-0.3, -0.25) is 0 Å². The van der Waals surface area contributed by atoms with Crippen LogP contribution in [0.25, 0.3) is 10.9 Å². The summed E-state index contributed by atoms with van der Waals surface area (Å²) in [7, 11) is 1.96. The summed E-state index contributed by atoms with van der Waals surface area (Å²) in [5.74, 6) is 6.02. The fourth-order valence-corrected chi connectivity index (χ4v) is 1.85. The summed E-state index contributed by atoms with van der Waals surface area (Å²) in [4.78, 5) is 0. The molecule has 0 spiro atoms. The monoisotopic (exact) mass is 212 g/mol. The zero-order valence-corrected chi connectivity index (χ0v) is 9.75. The maximum atomic E-state index is 3.17. The molecule has 2 rings (SSSR count). The molecule has 1 aromatic heterocycles. The van der Waals surface area contributed by atoms with Crippen molar-refractivity contribution in [3.63, 3.8) is 0 Å². The molecule has 82 valence electrons. The van der Waals surface area contributed by atoms with Gasteiger partial charge >= 0.3 is 0 Å². The summed E-state index contributed by atoms with van der Waals surface area (Å²) < 4.78 is 2.19. The number of nitrogens with one attached hydrogen (secondary N) is 1. The summed E-state index contributed by atoms with van der Waals surface area (Å²) in [6.07, 6.45) is 2.10. The molecule has 0 aliphatic rings. The summed E-state index contributed by atoms with van der Waals surface area (Å²) in [6, 6.07) is 8.69. The zero-order valence-electron chi connectivity index (χ0n) is 9.75. The number of hydrogen-bond donors (Lipinski definition) is 1. The third kappa shape index (κ3) is 2.10. The van der Waals surface area contributed by atoms with Gasteiger partial charge in [-0.1, -0.05) is 18.1 Å². The molecule has 2 aromatic rings. The minimum Gasteiger partial charge on any atom is -0.336 e. The highest BCUT2D eigenvalue weighted by Crippen LogP contribution is 2.17. The lowest BCUT2D eigenvalue weighted by Crippen LogP contribution is -2.05. The molecule has 0 saturated carbocycles. The van der Waals surface area contributed by atoms with E-state index >= 15 is 0 Å². The van der Waals surface area contributed by atoms with Crippen LogP contribution in [-0.4, -0.2) is 11.6 Å². The van der Waals surface area contributed by atoms with Gasteiger partial charge in [0.15, 0.2) is 0 Å². The first-order chi connectivity index (χ1) is 7.85. The molecular formula is C14H16N2. The molecule has 0 fully saturated rings. The molecule has 0 atom stereocenters. The van der Waals surface area contributed by atoms with Gasteiger partial charge in [0.1, 0.15) is 0 Å². The Hall–Kier alpha value is -1.72. The molecular weight excluding hydrogens is 196 g/mol. The zero-order chi connectivity index (χ0) is 11.4. The molecule has 2 nitrogen and oxygen atoms in total. The Kier molecular flexibility index (Phi) is 3.28. The highest BCUT2D eigenvalue weighted by molar-refractivity contribution is 5.80. The quantitative estimate of drug-likeness (QED) is 0.773. The smallest absolute Gasteiger partial charge is 0.0837 e. The summed E-state index contributed by atoms with van der Waals surface area (Å²) in [5.41, 5.74) is 2.56. The van der Waals surface area contributed by atoms with Gasteiger partial charge in [-0.05, 0) is 37.1 Å². The van der Waals surface area contributed by atoms with Crippen molar-refractivity contribution in [2.45, 2.75) is 20.0 Å². The second-order valence-corrected chi connectivity index (χ2v) is 3.79. The fraction of sp³-hybridized carbons (Fsp3) is 0.286. The van der Waals surface area contributed by atoms with Crippen molar-refractivity contribution in [2.24, 2.45) is 0 Å². The number of aromatic nitrogens is 1. The van der Waals surface area contributed by atoms with E-state index in [0.717, 1.165) is 13.1 Å². The summed E-state index contributed by atoms with van der Waals surface area (Å²) in [6.45, 7) is 3.54. The van der Waals surface area contributed by atoms with Crippen molar-refractivity contribution in [3.8, 4) is 11.8 Å². The van der Waals surface area contributed by atoms with Crippen LogP contribution in [0.2, 0.25) is 0 Å². The molecule has 0 aliphatic heterocycles. The van der Waals surface area contributed by atoms with Crippen molar-refractivity contribution < 1.29 is 0 Å². The van der Waals surface area contributed by atoms with E-state index in [4.69, 9.17) is 0 Å². The van der Waals surface area contributed by atoms with E-state index in [1.54, 1.807) is 0 Å². The summed E-state index contributed by atoms with van der Waals surface area (Å²) in [5, 5.41) is 4.44. The molecule has 0 amide bonds. The average molecular weight is 212 g/mol. The minimum absolute atomic E-state index is 0.767. The minimum atomic E-state index is 0.767. The predicted molar refractivity (Wildman–Crippen MR) is 68.2 cm³/mol. The van der Waals surface area contributed by atoms with Crippen LogP contribution < -0.4 is 5.32 Å². The molecule has 0 saturated heterocycles. The van der Waals surface area contributed by atoms with Crippen LogP contribution in [-0.2, 0) is 13.1 Å². The van der Waals surface area contributed by atoms with Crippen molar-refractivity contribution in [1.29, 1.82) is 0 Å². The first-order valence-electron chi connectivity index (χ1n) is 5.47. The van der Waals surface area contributed by atoms with E-state index in [9.17, 15) is 0 Å². The first kappa shape index (κ1) is 10.8. The Morgan fingerprint density at radius 1 is 1.31 bits per heavy atom. The Balaban J connectivity index is 2.41. The van der Waals surface area contributed by atoms with Gasteiger partial charge in [0.25, 0.3) is 0 Å². The van der Waals surface area contributed by atoms with Crippen LogP contribution in [0, 0.1) is 11.8 Å². The van der Waals surface area contributed by atoms with Crippen LogP contribution in [0.1, 0.15) is 12.5 Å². The first-order valence-corrected chi connectivity index (χ1v) is 5.47. The van der Waals surface area contributed by atoms with Gasteiger partial charge in [-0.15, -0.1) is 5.92 Å². The lowest BCUT2D eigenvalue weighted by Gasteiger charge is -2.03. The van der Waals surface area contributed by atoms with E-state index in [0.29, 0.717) is 0 Å². The number of hydrogen-bond acceptors (Lipinski definition) is 1. The van der Waals surface area contributed by atoms with Crippen molar-refractivity contribution >= 4 is 10.9 Å². The highest BCUT2D eigenvalue weighted by Gasteiger charge is 2.00. The van der Waals surface area contributed by atoms with Gasteiger partial charge in [-0.25, -0.2) is 0 Å². The summed E-state index contributed by atoms with van der Waals surface area (Å²) >= 11 is 0. The van der Waals surface area contributed by atoms with Gasteiger partial charge in [0.05, 0.1) is 6.54 Å². The Morgan fingerprint density at radius 2 is 2.19 bits per heavy atom. The lowest BCUT2D eigenvalue weighted by atomic mass is 10.1. The molecule has 1 aromatic carbocycles. The molecule has 0 radical (unpaired) electrons. The lowest BCUT2D eigenvalue weighted by molar-refractivity contribution is 0.816. The standard InChI is InChI=1S/C14H16N2/c1-3-4-8-16-9-7-13-6-5-12(11-15-2)10-14(13)16/h5-7,9-10,15H,8,11H2,1-2H3. The predicted octanol–water partition coefficient (Wildman–Crippen LogP) is 2.38. The Labute approximate surface area is 96.3 Å². The maximum Gasteiger partial charge on any atom is 0.0837 e. The van der Waals surface area contributed by atoms with E-state index in [1.165, 1.54) is 16.5 Å². The van der Waals surface area contributed by atoms with Crippen LogP contribution in [0.4, 0.5) is 0 Å². The topological polar surface area (TPSA) is 17.0 Å². The van der Waals surface area contributed by atoms with Crippen LogP contribution >= 0.6 is 0 Å². The largest absolute Gasteiger partial charge is 0.336 e. The van der Waals surface area contributed by atoms with Crippen LogP contribution in [0.5, 0.6) is 0 Å². The van der Waals surface area contributed by atoms with Crippen molar-refractivity contribution in [3.05, 3.63) is 36.0 Å². The van der Waals surface area contributed by atoms with E-state index in [2.05, 4.69) is 52.2 Å². The number of nitrogens with zero attached hydrogens (tertiary/aromatic N) is 1. The average Bonchev–Trinajstić information content (AvgIpc) is 2.69. The van der Waals surface area contributed by atoms with Crippen molar-refractivity contribution in [1.82, 2.24) is 9.88 Å². The maximum absolute atomic E-state index is 3.17. The normalized spacial score (nSPS) is 10.1. The Morgan fingerprint density at radius 3 is 2.94 bits per heavy atom. The number of rotatable bonds is 3. The van der Waals surface area contributed by atoms with E-state index in [-0.39, 0.29) is 0 Å². The van der Waals surface area contributed by atoms with Gasteiger partial charge in [0, 0.05) is 18.3 Å². The van der Waals surface area contributed by atoms with Gasteiger partial charge < -0.3 is 9.88 Å². The van der Waals surface area contributed by atoms with Crippen LogP contribution in [0.3, 0.4) is 0 Å². The molecule has 1 N–H and O–H groups in total. The van der Waals surface area contributed by atoms with Gasteiger partial charge in [-0.2, -0.15) is 0 Å². The van der Waals surface area contributed by atoms with E-state index in [1.807, 2.05) is 14.0 Å². The fourth-order valence-electron chi connectivity index (χ4n) is 1.85. The van der Waals surface area contributed by atoms with E-state index < -0.39 is 0 Å². The van der Waals surface area contributed by atoms with Crippen molar-refractivity contribution in [2.75, 3.05) is 7.05 Å². The third-order valence-electron chi connectivity index (χ3n) is 2.65. The molecule has 16 heavy (non-hydrogen) atoms.